The normalized spacial score (nSPS) is 13.6. The number of fused-ring (bicyclic) bond motifs is 3. The van der Waals surface area contributed by atoms with Crippen LogP contribution in [0.4, 0.5) is 0 Å². The van der Waals surface area contributed by atoms with Gasteiger partial charge in [0.1, 0.15) is 0 Å². The molecule has 1 aliphatic rings. The topological polar surface area (TPSA) is 104 Å². The number of rotatable bonds is 4. The number of ketones is 3. The van der Waals surface area contributed by atoms with Gasteiger partial charge in [-0.3, -0.25) is 19.2 Å². The molecule has 0 radical (unpaired) electrons. The van der Waals surface area contributed by atoms with E-state index in [-0.39, 0.29) is 16.8 Å². The molecule has 6 nitrogen and oxygen atoms in total. The number of carboxylic acid groups (broad SMARTS) is 1. The van der Waals surface area contributed by atoms with E-state index < -0.39 is 29.2 Å². The summed E-state index contributed by atoms with van der Waals surface area (Å²) in [4.78, 5) is 52.0. The number of hydrogen-bond acceptors (Lipinski definition) is 4. The zero-order valence-electron chi connectivity index (χ0n) is 13.9. The number of carbonyl (C=O) groups is 4. The van der Waals surface area contributed by atoms with E-state index in [4.69, 9.17) is 0 Å². The van der Waals surface area contributed by atoms with Crippen molar-refractivity contribution < 1.29 is 24.3 Å². The third-order valence-corrected chi connectivity index (χ3v) is 4.66. The Kier molecular flexibility index (Phi) is 3.81. The molecule has 1 aromatic heterocycles. The van der Waals surface area contributed by atoms with Crippen LogP contribution >= 0.6 is 0 Å². The van der Waals surface area contributed by atoms with Gasteiger partial charge < -0.3 is 10.1 Å². The van der Waals surface area contributed by atoms with E-state index in [1.807, 2.05) is 0 Å². The highest BCUT2D eigenvalue weighted by Gasteiger charge is 2.34. The van der Waals surface area contributed by atoms with Crippen LogP contribution in [0, 0.1) is 0 Å². The van der Waals surface area contributed by atoms with Crippen molar-refractivity contribution >= 4 is 23.3 Å². The predicted octanol–water partition coefficient (Wildman–Crippen LogP) is 3.11. The summed E-state index contributed by atoms with van der Waals surface area (Å²) in [6.45, 7) is 0. The van der Waals surface area contributed by atoms with Crippen molar-refractivity contribution in [1.29, 1.82) is 0 Å². The highest BCUT2D eigenvalue weighted by atomic mass is 16.4. The summed E-state index contributed by atoms with van der Waals surface area (Å²) in [7, 11) is 0. The number of carboxylic acids is 1. The molecule has 4 rings (SSSR count). The van der Waals surface area contributed by atoms with Crippen molar-refractivity contribution in [3.05, 3.63) is 83.2 Å². The molecule has 6 heteroatoms. The molecule has 1 unspecified atom stereocenters. The van der Waals surface area contributed by atoms with Crippen LogP contribution in [0.25, 0.3) is 11.1 Å². The summed E-state index contributed by atoms with van der Waals surface area (Å²) in [6, 6.07) is 14.3. The van der Waals surface area contributed by atoms with E-state index in [0.717, 1.165) is 0 Å². The number of aliphatic carboxylic acids is 1. The molecule has 2 aromatic carbocycles. The van der Waals surface area contributed by atoms with Gasteiger partial charge in [-0.25, -0.2) is 0 Å². The van der Waals surface area contributed by atoms with Gasteiger partial charge in [-0.2, -0.15) is 0 Å². The van der Waals surface area contributed by atoms with Gasteiger partial charge in [0.2, 0.25) is 11.6 Å². The molecule has 0 spiro atoms. The lowest BCUT2D eigenvalue weighted by molar-refractivity contribution is -0.137. The second-order valence-corrected chi connectivity index (χ2v) is 6.23. The van der Waals surface area contributed by atoms with Crippen molar-refractivity contribution in [3.8, 4) is 11.1 Å². The maximum Gasteiger partial charge on any atom is 0.320 e. The Labute approximate surface area is 153 Å². The molecule has 1 aliphatic carbocycles. The number of hydrogen-bond donors (Lipinski definition) is 2. The lowest BCUT2D eigenvalue weighted by Gasteiger charge is -2.19. The minimum absolute atomic E-state index is 0.0660. The van der Waals surface area contributed by atoms with E-state index >= 15 is 0 Å². The average molecular weight is 359 g/mol. The van der Waals surface area contributed by atoms with E-state index in [1.54, 1.807) is 36.4 Å². The lowest BCUT2D eigenvalue weighted by Crippen LogP contribution is -2.24. The second-order valence-electron chi connectivity index (χ2n) is 6.23. The third kappa shape index (κ3) is 2.58. The first kappa shape index (κ1) is 16.7. The molecule has 0 amide bonds. The molecule has 3 aromatic rings. The van der Waals surface area contributed by atoms with Gasteiger partial charge in [-0.05, 0) is 29.3 Å². The summed E-state index contributed by atoms with van der Waals surface area (Å²) >= 11 is 0. The molecule has 0 bridgehead atoms. The summed E-state index contributed by atoms with van der Waals surface area (Å²) in [5.74, 6) is -4.72. The number of benzene rings is 2. The number of H-pyrrole nitrogens is 1. The van der Waals surface area contributed by atoms with Crippen LogP contribution in [0.3, 0.4) is 0 Å². The van der Waals surface area contributed by atoms with Crippen LogP contribution in [0.2, 0.25) is 0 Å². The maximum absolute atomic E-state index is 12.8. The Morgan fingerprint density at radius 2 is 1.48 bits per heavy atom. The van der Waals surface area contributed by atoms with Crippen LogP contribution < -0.4 is 0 Å². The smallest absolute Gasteiger partial charge is 0.320 e. The standard InChI is InChI=1S/C21H13NO5/c23-18(17(21(26)27)16-6-3-9-22-16)11-7-8-13-12-4-1-2-5-14(12)19(24)20(25)15(13)10-11/h1-10,17,22H,(H,26,27). The Hall–Kier alpha value is -3.80. The van der Waals surface area contributed by atoms with E-state index in [2.05, 4.69) is 4.98 Å². The van der Waals surface area contributed by atoms with Gasteiger partial charge in [-0.15, -0.1) is 0 Å². The number of aromatic nitrogens is 1. The van der Waals surface area contributed by atoms with Gasteiger partial charge in [0.15, 0.2) is 11.7 Å². The van der Waals surface area contributed by atoms with Crippen LogP contribution in [0.5, 0.6) is 0 Å². The molecule has 1 heterocycles. The van der Waals surface area contributed by atoms with Gasteiger partial charge >= 0.3 is 5.97 Å². The molecular formula is C21H13NO5. The Balaban J connectivity index is 1.82. The molecule has 2 N–H and O–H groups in total. The van der Waals surface area contributed by atoms with E-state index in [1.165, 1.54) is 24.4 Å². The summed E-state index contributed by atoms with van der Waals surface area (Å²) < 4.78 is 0. The van der Waals surface area contributed by atoms with E-state index in [9.17, 15) is 24.3 Å². The molecule has 132 valence electrons. The number of carbonyl (C=O) groups excluding carboxylic acids is 3. The molecule has 0 fully saturated rings. The Morgan fingerprint density at radius 3 is 2.15 bits per heavy atom. The molecule has 0 aliphatic heterocycles. The second kappa shape index (κ2) is 6.17. The third-order valence-electron chi connectivity index (χ3n) is 4.66. The minimum Gasteiger partial charge on any atom is -0.480 e. The fraction of sp³-hybridized carbons (Fsp3) is 0.0476. The van der Waals surface area contributed by atoms with Crippen molar-refractivity contribution in [1.82, 2.24) is 4.98 Å². The number of Topliss-reactive ketones (excluding diaryl/α,β-unsaturated/α-hetero) is 3. The van der Waals surface area contributed by atoms with Crippen LogP contribution in [0.15, 0.2) is 60.8 Å². The van der Waals surface area contributed by atoms with Gasteiger partial charge in [0, 0.05) is 28.6 Å². The first-order chi connectivity index (χ1) is 13.0. The molecule has 27 heavy (non-hydrogen) atoms. The lowest BCUT2D eigenvalue weighted by atomic mass is 9.82. The zero-order chi connectivity index (χ0) is 19.1. The molecule has 1 atom stereocenters. The van der Waals surface area contributed by atoms with E-state index in [0.29, 0.717) is 16.7 Å². The SMILES string of the molecule is O=C1C(=O)c2cc(C(=O)C(C(=O)O)c3ccc[nH]3)ccc2-c2ccccc21. The minimum atomic E-state index is -1.42. The van der Waals surface area contributed by atoms with Crippen LogP contribution in [0.1, 0.15) is 42.7 Å². The largest absolute Gasteiger partial charge is 0.480 e. The first-order valence-corrected chi connectivity index (χ1v) is 8.22. The van der Waals surface area contributed by atoms with Gasteiger partial charge in [0.05, 0.1) is 0 Å². The van der Waals surface area contributed by atoms with Crippen molar-refractivity contribution in [3.63, 3.8) is 0 Å². The average Bonchev–Trinajstić information content (AvgIpc) is 3.19. The Morgan fingerprint density at radius 1 is 0.815 bits per heavy atom. The summed E-state index contributed by atoms with van der Waals surface area (Å²) in [6.07, 6.45) is 1.53. The van der Waals surface area contributed by atoms with Crippen molar-refractivity contribution in [2.45, 2.75) is 5.92 Å². The monoisotopic (exact) mass is 359 g/mol. The highest BCUT2D eigenvalue weighted by Crippen LogP contribution is 2.34. The molecular weight excluding hydrogens is 346 g/mol. The quantitative estimate of drug-likeness (QED) is 0.423. The van der Waals surface area contributed by atoms with Crippen molar-refractivity contribution in [2.75, 3.05) is 0 Å². The summed E-state index contributed by atoms with van der Waals surface area (Å²) in [5.41, 5.74) is 1.92. The summed E-state index contributed by atoms with van der Waals surface area (Å²) in [5, 5.41) is 9.48. The predicted molar refractivity (Wildman–Crippen MR) is 96.0 cm³/mol. The van der Waals surface area contributed by atoms with Crippen LogP contribution in [-0.2, 0) is 4.79 Å². The molecule has 0 saturated carbocycles. The maximum atomic E-state index is 12.8. The number of nitrogens with one attached hydrogen (secondary N) is 1. The van der Waals surface area contributed by atoms with Crippen LogP contribution in [-0.4, -0.2) is 33.4 Å². The number of aromatic amines is 1. The fourth-order valence-corrected chi connectivity index (χ4v) is 3.36. The molecule has 0 saturated heterocycles. The highest BCUT2D eigenvalue weighted by molar-refractivity contribution is 6.53. The van der Waals surface area contributed by atoms with Gasteiger partial charge in [0.25, 0.3) is 0 Å². The van der Waals surface area contributed by atoms with Gasteiger partial charge in [-0.1, -0.05) is 36.4 Å². The zero-order valence-corrected chi connectivity index (χ0v) is 13.9. The van der Waals surface area contributed by atoms with Crippen molar-refractivity contribution in [2.24, 2.45) is 0 Å². The fourth-order valence-electron chi connectivity index (χ4n) is 3.36. The Bertz CT molecular complexity index is 1110. The first-order valence-electron chi connectivity index (χ1n) is 8.22.